The van der Waals surface area contributed by atoms with Gasteiger partial charge in [-0.3, -0.25) is 0 Å². The van der Waals surface area contributed by atoms with Gasteiger partial charge >= 0.3 is 0 Å². The molecule has 0 aliphatic rings. The molecule has 0 rings (SSSR count). The molecule has 0 atom stereocenters. The summed E-state index contributed by atoms with van der Waals surface area (Å²) in [5.74, 6) is 0. The molecule has 3 nitrogen and oxygen atoms in total. The zero-order valence-electron chi connectivity index (χ0n) is 31.1. The van der Waals surface area contributed by atoms with Crippen LogP contribution in [0, 0.1) is 0 Å². The van der Waals surface area contributed by atoms with E-state index >= 15 is 0 Å². The van der Waals surface area contributed by atoms with Crippen LogP contribution in [0.3, 0.4) is 0 Å². The Bertz CT molecular complexity index is 685. The molecule has 0 fully saturated rings. The molecular formula is C42H78N2O. The molecule has 0 radical (unpaired) electrons. The van der Waals surface area contributed by atoms with E-state index < -0.39 is 0 Å². The molecule has 0 spiro atoms. The van der Waals surface area contributed by atoms with E-state index in [1.165, 1.54) is 141 Å². The van der Waals surface area contributed by atoms with Crippen LogP contribution in [0.2, 0.25) is 0 Å². The topological polar surface area (TPSA) is 24.8 Å². The monoisotopic (exact) mass is 627 g/mol. The van der Waals surface area contributed by atoms with E-state index in [0.29, 0.717) is 0 Å². The molecule has 3 heteroatoms. The summed E-state index contributed by atoms with van der Waals surface area (Å²) in [7, 11) is 4.18. The van der Waals surface area contributed by atoms with Crippen molar-refractivity contribution in [2.45, 2.75) is 194 Å². The van der Waals surface area contributed by atoms with Crippen molar-refractivity contribution in [1.29, 1.82) is 0 Å². The summed E-state index contributed by atoms with van der Waals surface area (Å²) in [6, 6.07) is 0. The van der Waals surface area contributed by atoms with Gasteiger partial charge in [-0.1, -0.05) is 145 Å². The fourth-order valence-electron chi connectivity index (χ4n) is 5.62. The van der Waals surface area contributed by atoms with Crippen LogP contribution >= 0.6 is 0 Å². The van der Waals surface area contributed by atoms with Crippen LogP contribution in [0.25, 0.3) is 0 Å². The fourth-order valence-corrected chi connectivity index (χ4v) is 5.62. The summed E-state index contributed by atoms with van der Waals surface area (Å²) in [6.45, 7) is 7.48. The zero-order chi connectivity index (χ0) is 32.9. The van der Waals surface area contributed by atoms with Gasteiger partial charge in [0.2, 0.25) is 0 Å². The minimum Gasteiger partial charge on any atom is -0.393 e. The molecule has 0 saturated carbocycles. The number of allylic oxidation sites excluding steroid dienone is 8. The first-order chi connectivity index (χ1) is 22.1. The summed E-state index contributed by atoms with van der Waals surface area (Å²) < 4.78 is 0. The number of unbranched alkanes of at least 4 members (excludes halogenated alkanes) is 18. The molecule has 0 unspecified atom stereocenters. The zero-order valence-corrected chi connectivity index (χ0v) is 31.1. The highest BCUT2D eigenvalue weighted by Gasteiger charge is 2.10. The maximum absolute atomic E-state index is 6.09. The molecule has 0 aromatic rings. The van der Waals surface area contributed by atoms with Crippen molar-refractivity contribution < 1.29 is 4.84 Å². The first-order valence-corrected chi connectivity index (χ1v) is 19.5. The van der Waals surface area contributed by atoms with Crippen LogP contribution in [0.15, 0.2) is 53.8 Å². The number of hydrogen-bond donors (Lipinski definition) is 0. The molecule has 262 valence electrons. The Balaban J connectivity index is 3.98. The highest BCUT2D eigenvalue weighted by atomic mass is 16.6. The van der Waals surface area contributed by atoms with Crippen LogP contribution in [-0.2, 0) is 4.84 Å². The third-order valence-corrected chi connectivity index (χ3v) is 8.36. The Morgan fingerprint density at radius 2 is 0.867 bits per heavy atom. The lowest BCUT2D eigenvalue weighted by Crippen LogP contribution is -2.20. The summed E-state index contributed by atoms with van der Waals surface area (Å²) in [4.78, 5) is 8.24. The predicted octanol–water partition coefficient (Wildman–Crippen LogP) is 13.7. The molecule has 0 aromatic carbocycles. The smallest absolute Gasteiger partial charge is 0.127 e. The molecule has 0 aliphatic heterocycles. The Hall–Kier alpha value is -1.61. The number of oxime groups is 1. The lowest BCUT2D eigenvalue weighted by molar-refractivity contribution is 0.0423. The van der Waals surface area contributed by atoms with Gasteiger partial charge in [-0.25, -0.2) is 0 Å². The van der Waals surface area contributed by atoms with Gasteiger partial charge in [0, 0.05) is 6.54 Å². The minimum atomic E-state index is 0.277. The minimum absolute atomic E-state index is 0.277. The largest absolute Gasteiger partial charge is 0.393 e. The third-order valence-electron chi connectivity index (χ3n) is 8.36. The lowest BCUT2D eigenvalue weighted by Gasteiger charge is -2.16. The van der Waals surface area contributed by atoms with Crippen LogP contribution in [0.4, 0.5) is 0 Å². The highest BCUT2D eigenvalue weighted by Crippen LogP contribution is 2.18. The average molecular weight is 627 g/mol. The van der Waals surface area contributed by atoms with E-state index in [1.807, 2.05) is 0 Å². The van der Waals surface area contributed by atoms with Crippen molar-refractivity contribution in [3.8, 4) is 0 Å². The highest BCUT2D eigenvalue weighted by molar-refractivity contribution is 5.83. The Morgan fingerprint density at radius 1 is 0.511 bits per heavy atom. The van der Waals surface area contributed by atoms with Crippen LogP contribution in [0.5, 0.6) is 0 Å². The second-order valence-electron chi connectivity index (χ2n) is 13.5. The normalized spacial score (nSPS) is 12.9. The summed E-state index contributed by atoms with van der Waals surface area (Å²) >= 11 is 0. The van der Waals surface area contributed by atoms with Gasteiger partial charge in [-0.15, -0.1) is 0 Å². The van der Waals surface area contributed by atoms with Crippen molar-refractivity contribution >= 4 is 5.71 Å². The number of nitrogens with zero attached hydrogens (tertiary/aromatic N) is 2. The van der Waals surface area contributed by atoms with Crippen LogP contribution < -0.4 is 0 Å². The fraction of sp³-hybridized carbons (Fsp3) is 0.786. The maximum atomic E-state index is 6.09. The van der Waals surface area contributed by atoms with E-state index in [1.54, 1.807) is 0 Å². The number of rotatable bonds is 34. The van der Waals surface area contributed by atoms with Gasteiger partial charge in [-0.2, -0.15) is 0 Å². The Morgan fingerprint density at radius 3 is 1.24 bits per heavy atom. The van der Waals surface area contributed by atoms with Gasteiger partial charge < -0.3 is 9.74 Å². The van der Waals surface area contributed by atoms with Gasteiger partial charge in [0.15, 0.2) is 0 Å². The van der Waals surface area contributed by atoms with Gasteiger partial charge in [-0.05, 0) is 111 Å². The van der Waals surface area contributed by atoms with Crippen molar-refractivity contribution in [2.75, 3.05) is 20.6 Å². The van der Waals surface area contributed by atoms with E-state index in [9.17, 15) is 0 Å². The molecule has 0 saturated heterocycles. The molecule has 0 N–H and O–H groups in total. The lowest BCUT2D eigenvalue weighted by atomic mass is 10.0. The molecule has 0 aromatic heterocycles. The Kier molecular flexibility index (Phi) is 35.5. The first-order valence-electron chi connectivity index (χ1n) is 19.5. The molecule has 45 heavy (non-hydrogen) atoms. The second kappa shape index (κ2) is 36.9. The van der Waals surface area contributed by atoms with Crippen molar-refractivity contribution in [1.82, 2.24) is 4.90 Å². The maximum Gasteiger partial charge on any atom is 0.127 e. The van der Waals surface area contributed by atoms with Crippen LogP contribution in [0.1, 0.15) is 188 Å². The van der Waals surface area contributed by atoms with Crippen molar-refractivity contribution in [3.05, 3.63) is 48.6 Å². The SMILES string of the molecule is CCCCC/C=C\C/C=C\CCCCCCCCC(CCCCCCCC/C=C\C/C=C\CCCCC)O/N=C(/C)CN(C)C. The van der Waals surface area contributed by atoms with E-state index in [2.05, 4.69) is 93.5 Å². The van der Waals surface area contributed by atoms with Crippen molar-refractivity contribution in [3.63, 3.8) is 0 Å². The summed E-state index contributed by atoms with van der Waals surface area (Å²) in [5.41, 5.74) is 1.07. The number of hydrogen-bond acceptors (Lipinski definition) is 3. The summed E-state index contributed by atoms with van der Waals surface area (Å²) in [6.07, 6.45) is 52.5. The standard InChI is InChI=1S/C42H78N2O/c1-6-8-10-12-14-16-18-20-22-24-26-28-30-32-34-36-38-42(45-43-41(3)40-44(4)5)39-37-35-33-31-29-27-25-23-21-19-17-15-13-11-9-7-2/h14-17,20-23,42H,6-13,18-19,24-40H2,1-5H3/b16-14-,17-15-,22-20-,23-21-,43-41-. The third kappa shape index (κ3) is 36.7. The van der Waals surface area contributed by atoms with E-state index in [-0.39, 0.29) is 6.10 Å². The first kappa shape index (κ1) is 43.4. The molecule has 0 amide bonds. The van der Waals surface area contributed by atoms with E-state index in [0.717, 1.165) is 37.9 Å². The van der Waals surface area contributed by atoms with Gasteiger partial charge in [0.25, 0.3) is 0 Å². The molecule has 0 aliphatic carbocycles. The molecule has 0 bridgehead atoms. The predicted molar refractivity (Wildman–Crippen MR) is 204 cm³/mol. The Labute approximate surface area is 283 Å². The van der Waals surface area contributed by atoms with E-state index in [4.69, 9.17) is 4.84 Å². The quantitative estimate of drug-likeness (QED) is 0.0307. The summed E-state index contributed by atoms with van der Waals surface area (Å²) in [5, 5.41) is 4.50. The van der Waals surface area contributed by atoms with Gasteiger partial charge in [0.05, 0.1) is 5.71 Å². The molecule has 0 heterocycles. The second-order valence-corrected chi connectivity index (χ2v) is 13.5. The molecular weight excluding hydrogens is 548 g/mol. The average Bonchev–Trinajstić information content (AvgIpc) is 3.02. The van der Waals surface area contributed by atoms with Crippen LogP contribution in [-0.4, -0.2) is 37.4 Å². The van der Waals surface area contributed by atoms with Crippen molar-refractivity contribution in [2.24, 2.45) is 5.16 Å². The van der Waals surface area contributed by atoms with Gasteiger partial charge in [0.1, 0.15) is 6.10 Å².